The van der Waals surface area contributed by atoms with Crippen LogP contribution in [0.25, 0.3) is 15.9 Å². The standard InChI is InChI=1S/C23H18N4OS2/c28-22(16-29-23-25-19-10-4-5-11-20(19)30-23)27(17-8-2-1-3-9-17)15-18-14-24-21-12-6-7-13-26(18)21/h1-14H,15-16H2. The Morgan fingerprint density at radius 1 is 1.00 bits per heavy atom. The molecule has 5 nitrogen and oxygen atoms in total. The Morgan fingerprint density at radius 3 is 2.67 bits per heavy atom. The lowest BCUT2D eigenvalue weighted by molar-refractivity contribution is -0.116. The van der Waals surface area contributed by atoms with Gasteiger partial charge in [0, 0.05) is 11.9 Å². The van der Waals surface area contributed by atoms with Crippen molar-refractivity contribution >= 4 is 50.6 Å². The number of benzene rings is 2. The van der Waals surface area contributed by atoms with Crippen molar-refractivity contribution in [1.29, 1.82) is 0 Å². The van der Waals surface area contributed by atoms with Gasteiger partial charge in [0.05, 0.1) is 34.4 Å². The molecule has 7 heteroatoms. The Bertz CT molecular complexity index is 1280. The van der Waals surface area contributed by atoms with Crippen molar-refractivity contribution < 1.29 is 4.79 Å². The summed E-state index contributed by atoms with van der Waals surface area (Å²) in [5.41, 5.74) is 3.69. The second-order valence-corrected chi connectivity index (χ2v) is 8.98. The summed E-state index contributed by atoms with van der Waals surface area (Å²) in [6.07, 6.45) is 3.81. The molecule has 0 aliphatic carbocycles. The van der Waals surface area contributed by atoms with Crippen molar-refractivity contribution in [3.05, 3.63) is 90.9 Å². The Hall–Kier alpha value is -3.16. The van der Waals surface area contributed by atoms with Gasteiger partial charge in [-0.25, -0.2) is 9.97 Å². The van der Waals surface area contributed by atoms with Gasteiger partial charge in [-0.15, -0.1) is 11.3 Å². The number of carbonyl (C=O) groups excluding carboxylic acids is 1. The molecule has 5 rings (SSSR count). The molecule has 148 valence electrons. The van der Waals surface area contributed by atoms with Gasteiger partial charge in [-0.3, -0.25) is 4.79 Å². The Kier molecular flexibility index (Phi) is 5.21. The van der Waals surface area contributed by atoms with Crippen molar-refractivity contribution in [2.75, 3.05) is 10.7 Å². The number of thiazole rings is 1. The van der Waals surface area contributed by atoms with Crippen LogP contribution in [-0.2, 0) is 11.3 Å². The van der Waals surface area contributed by atoms with Crippen molar-refractivity contribution in [3.63, 3.8) is 0 Å². The van der Waals surface area contributed by atoms with E-state index in [1.807, 2.05) is 88.4 Å². The molecular formula is C23H18N4OS2. The molecule has 0 N–H and O–H groups in total. The summed E-state index contributed by atoms with van der Waals surface area (Å²) in [5.74, 6) is 0.363. The highest BCUT2D eigenvalue weighted by molar-refractivity contribution is 8.01. The predicted molar refractivity (Wildman–Crippen MR) is 123 cm³/mol. The second-order valence-electron chi connectivity index (χ2n) is 6.73. The van der Waals surface area contributed by atoms with Gasteiger partial charge in [0.15, 0.2) is 4.34 Å². The number of thioether (sulfide) groups is 1. The van der Waals surface area contributed by atoms with Gasteiger partial charge in [-0.1, -0.05) is 48.2 Å². The van der Waals surface area contributed by atoms with Crippen LogP contribution in [0, 0.1) is 0 Å². The SMILES string of the molecule is O=C(CSc1nc2ccccc2s1)N(Cc1cnc2ccccn12)c1ccccc1. The van der Waals surface area contributed by atoms with Crippen LogP contribution in [0.2, 0.25) is 0 Å². The molecule has 3 heterocycles. The number of pyridine rings is 1. The van der Waals surface area contributed by atoms with Crippen LogP contribution < -0.4 is 4.90 Å². The third kappa shape index (κ3) is 3.81. The number of imidazole rings is 1. The number of hydrogen-bond donors (Lipinski definition) is 0. The predicted octanol–water partition coefficient (Wildman–Crippen LogP) is 5.27. The average Bonchev–Trinajstić information content (AvgIpc) is 3.40. The summed E-state index contributed by atoms with van der Waals surface area (Å²) in [4.78, 5) is 24.1. The van der Waals surface area contributed by atoms with Crippen LogP contribution in [-0.4, -0.2) is 26.0 Å². The van der Waals surface area contributed by atoms with Crippen LogP contribution in [0.1, 0.15) is 5.69 Å². The van der Waals surface area contributed by atoms with E-state index in [0.717, 1.165) is 31.6 Å². The van der Waals surface area contributed by atoms with E-state index < -0.39 is 0 Å². The number of aromatic nitrogens is 3. The van der Waals surface area contributed by atoms with E-state index in [4.69, 9.17) is 0 Å². The highest BCUT2D eigenvalue weighted by Gasteiger charge is 2.19. The van der Waals surface area contributed by atoms with Gasteiger partial charge in [0.25, 0.3) is 0 Å². The quantitative estimate of drug-likeness (QED) is 0.344. The number of fused-ring (bicyclic) bond motifs is 2. The largest absolute Gasteiger partial charge is 0.306 e. The molecule has 0 aliphatic rings. The monoisotopic (exact) mass is 430 g/mol. The average molecular weight is 431 g/mol. The normalized spacial score (nSPS) is 11.2. The van der Waals surface area contributed by atoms with E-state index in [1.54, 1.807) is 11.3 Å². The molecule has 0 bridgehead atoms. The molecule has 0 unspecified atom stereocenters. The van der Waals surface area contributed by atoms with Gasteiger partial charge >= 0.3 is 0 Å². The van der Waals surface area contributed by atoms with E-state index in [0.29, 0.717) is 12.3 Å². The van der Waals surface area contributed by atoms with Crippen molar-refractivity contribution in [1.82, 2.24) is 14.4 Å². The smallest absolute Gasteiger partial charge is 0.237 e. The minimum Gasteiger partial charge on any atom is -0.306 e. The first-order valence-corrected chi connectivity index (χ1v) is 11.3. The fourth-order valence-corrected chi connectivity index (χ4v) is 5.25. The molecule has 0 atom stereocenters. The first-order chi connectivity index (χ1) is 14.8. The summed E-state index contributed by atoms with van der Waals surface area (Å²) in [7, 11) is 0. The van der Waals surface area contributed by atoms with E-state index >= 15 is 0 Å². The van der Waals surface area contributed by atoms with E-state index in [1.165, 1.54) is 11.8 Å². The van der Waals surface area contributed by atoms with Crippen molar-refractivity contribution in [3.8, 4) is 0 Å². The number of amides is 1. The van der Waals surface area contributed by atoms with E-state index in [-0.39, 0.29) is 5.91 Å². The summed E-state index contributed by atoms with van der Waals surface area (Å²) < 4.78 is 4.06. The highest BCUT2D eigenvalue weighted by Crippen LogP contribution is 2.30. The van der Waals surface area contributed by atoms with Crippen molar-refractivity contribution in [2.45, 2.75) is 10.9 Å². The Morgan fingerprint density at radius 2 is 1.80 bits per heavy atom. The maximum Gasteiger partial charge on any atom is 0.237 e. The number of anilines is 1. The van der Waals surface area contributed by atoms with Gasteiger partial charge in [-0.05, 0) is 36.4 Å². The Labute approximate surface area is 182 Å². The van der Waals surface area contributed by atoms with E-state index in [2.05, 4.69) is 16.0 Å². The number of nitrogens with zero attached hydrogens (tertiary/aromatic N) is 4. The van der Waals surface area contributed by atoms with Gasteiger partial charge in [-0.2, -0.15) is 0 Å². The number of hydrogen-bond acceptors (Lipinski definition) is 5. The van der Waals surface area contributed by atoms with Crippen LogP contribution in [0.5, 0.6) is 0 Å². The molecule has 5 aromatic rings. The summed E-state index contributed by atoms with van der Waals surface area (Å²) in [5, 5.41) is 0. The fraction of sp³-hybridized carbons (Fsp3) is 0.0870. The van der Waals surface area contributed by atoms with Gasteiger partial charge < -0.3 is 9.30 Å². The first-order valence-electron chi connectivity index (χ1n) is 9.53. The molecule has 0 saturated heterocycles. The van der Waals surface area contributed by atoms with E-state index in [9.17, 15) is 4.79 Å². The zero-order valence-corrected chi connectivity index (χ0v) is 17.6. The molecule has 3 aromatic heterocycles. The maximum atomic E-state index is 13.2. The molecule has 0 spiro atoms. The van der Waals surface area contributed by atoms with Crippen LogP contribution in [0.15, 0.2) is 89.5 Å². The molecule has 30 heavy (non-hydrogen) atoms. The molecule has 0 radical (unpaired) electrons. The zero-order chi connectivity index (χ0) is 20.3. The lowest BCUT2D eigenvalue weighted by atomic mass is 10.2. The summed E-state index contributed by atoms with van der Waals surface area (Å²) in [6, 6.07) is 23.7. The fourth-order valence-electron chi connectivity index (χ4n) is 3.31. The third-order valence-corrected chi connectivity index (χ3v) is 6.94. The molecule has 2 aromatic carbocycles. The topological polar surface area (TPSA) is 50.5 Å². The zero-order valence-electron chi connectivity index (χ0n) is 16.0. The lowest BCUT2D eigenvalue weighted by Gasteiger charge is -2.22. The van der Waals surface area contributed by atoms with Gasteiger partial charge in [0.1, 0.15) is 5.65 Å². The number of para-hydroxylation sites is 2. The van der Waals surface area contributed by atoms with Crippen molar-refractivity contribution in [2.24, 2.45) is 0 Å². The maximum absolute atomic E-state index is 13.2. The second kappa shape index (κ2) is 8.30. The molecule has 0 saturated carbocycles. The lowest BCUT2D eigenvalue weighted by Crippen LogP contribution is -2.32. The Balaban J connectivity index is 1.39. The summed E-state index contributed by atoms with van der Waals surface area (Å²) in [6.45, 7) is 0.453. The first kappa shape index (κ1) is 18.8. The molecular weight excluding hydrogens is 412 g/mol. The molecule has 0 fully saturated rings. The van der Waals surface area contributed by atoms with Crippen LogP contribution in [0.4, 0.5) is 5.69 Å². The summed E-state index contributed by atoms with van der Waals surface area (Å²) >= 11 is 3.11. The third-order valence-electron chi connectivity index (χ3n) is 4.78. The number of rotatable bonds is 6. The molecule has 0 aliphatic heterocycles. The minimum absolute atomic E-state index is 0.0383. The van der Waals surface area contributed by atoms with Gasteiger partial charge in [0.2, 0.25) is 5.91 Å². The molecule has 1 amide bonds. The number of carbonyl (C=O) groups is 1. The van der Waals surface area contributed by atoms with Crippen LogP contribution >= 0.6 is 23.1 Å². The highest BCUT2D eigenvalue weighted by atomic mass is 32.2. The van der Waals surface area contributed by atoms with Crippen LogP contribution in [0.3, 0.4) is 0 Å². The minimum atomic E-state index is 0.0383.